The quantitative estimate of drug-likeness (QED) is 0.264. The van der Waals surface area contributed by atoms with E-state index in [2.05, 4.69) is 17.0 Å². The van der Waals surface area contributed by atoms with Gasteiger partial charge in [0.15, 0.2) is 0 Å². The summed E-state index contributed by atoms with van der Waals surface area (Å²) in [6.07, 6.45) is 1.08. The van der Waals surface area contributed by atoms with Crippen molar-refractivity contribution in [3.8, 4) is 0 Å². The predicted molar refractivity (Wildman–Crippen MR) is 144 cm³/mol. The summed E-state index contributed by atoms with van der Waals surface area (Å²) >= 11 is 0. The Labute approximate surface area is 228 Å². The average molecular weight is 553 g/mol. The monoisotopic (exact) mass is 552 g/mol. The molecule has 0 aromatic heterocycles. The van der Waals surface area contributed by atoms with Crippen molar-refractivity contribution in [3.05, 3.63) is 69.8 Å². The van der Waals surface area contributed by atoms with Crippen molar-refractivity contribution in [1.82, 2.24) is 4.90 Å². The van der Waals surface area contributed by atoms with Crippen LogP contribution in [0.3, 0.4) is 0 Å². The Bertz CT molecular complexity index is 1140. The lowest BCUT2D eigenvalue weighted by molar-refractivity contribution is -0.147. The van der Waals surface area contributed by atoms with Gasteiger partial charge in [0.25, 0.3) is 0 Å². The molecule has 0 bridgehead atoms. The Hall–Kier alpha value is -2.58. The van der Waals surface area contributed by atoms with E-state index in [9.17, 15) is 18.0 Å². The molecule has 0 amide bonds. The van der Waals surface area contributed by atoms with Gasteiger partial charge in [0.2, 0.25) is 0 Å². The van der Waals surface area contributed by atoms with Crippen LogP contribution in [0.2, 0.25) is 0 Å². The molecule has 1 heterocycles. The summed E-state index contributed by atoms with van der Waals surface area (Å²) < 4.78 is 41.5. The molecule has 1 aliphatic heterocycles. The van der Waals surface area contributed by atoms with Gasteiger partial charge in [-0.05, 0) is 72.1 Å². The Morgan fingerprint density at radius 1 is 1.08 bits per heavy atom. The number of benzene rings is 2. The summed E-state index contributed by atoms with van der Waals surface area (Å²) in [5, 5.41) is 13.2. The first-order valence-electron chi connectivity index (χ1n) is 13.1. The fourth-order valence-electron chi connectivity index (χ4n) is 5.40. The van der Waals surface area contributed by atoms with Gasteiger partial charge in [-0.2, -0.15) is 13.2 Å². The number of hydrogen-bond acceptors (Lipinski definition) is 4. The highest BCUT2D eigenvalue weighted by Crippen LogP contribution is 2.41. The largest absolute Gasteiger partial charge is 0.481 e. The van der Waals surface area contributed by atoms with E-state index in [-0.39, 0.29) is 30.8 Å². The van der Waals surface area contributed by atoms with E-state index in [1.807, 2.05) is 25.1 Å². The zero-order valence-corrected chi connectivity index (χ0v) is 22.7. The van der Waals surface area contributed by atoms with Crippen molar-refractivity contribution in [1.29, 1.82) is 0 Å². The Morgan fingerprint density at radius 3 is 2.42 bits per heavy atom. The van der Waals surface area contributed by atoms with Crippen molar-refractivity contribution >= 4 is 24.1 Å². The van der Waals surface area contributed by atoms with Crippen molar-refractivity contribution < 1.29 is 27.9 Å². The standard InChI is InChI=1S/C29H35F3N2O3.ClH/c1-3-21-14-23(10-11-24(21)15-34-16-25(17-34)28(35)36)19(2)33-37-18-20-9-12-26(22-7-5-4-6-8-22)27(13-20)29(30,31)32;/h9-14,22,25H,3-8,15-18H2,1-2H3,(H,35,36);1H/b33-19+;. The van der Waals surface area contributed by atoms with Crippen molar-refractivity contribution in [3.63, 3.8) is 0 Å². The molecule has 0 spiro atoms. The topological polar surface area (TPSA) is 62.1 Å². The summed E-state index contributed by atoms with van der Waals surface area (Å²) in [6, 6.07) is 10.6. The minimum atomic E-state index is -4.40. The lowest BCUT2D eigenvalue weighted by Gasteiger charge is -2.37. The second-order valence-electron chi connectivity index (χ2n) is 10.3. The lowest BCUT2D eigenvalue weighted by Crippen LogP contribution is -2.49. The molecule has 38 heavy (non-hydrogen) atoms. The van der Waals surface area contributed by atoms with Crippen molar-refractivity contribution in [2.24, 2.45) is 11.1 Å². The van der Waals surface area contributed by atoms with Crippen LogP contribution in [0.25, 0.3) is 0 Å². The normalized spacial score (nSPS) is 17.6. The second kappa shape index (κ2) is 13.0. The molecule has 2 aromatic carbocycles. The smallest absolute Gasteiger partial charge is 0.416 e. The molecule has 1 saturated heterocycles. The molecule has 0 atom stereocenters. The number of alkyl halides is 3. The van der Waals surface area contributed by atoms with Gasteiger partial charge >= 0.3 is 12.1 Å². The molecule has 2 aromatic rings. The molecule has 1 aliphatic carbocycles. The third-order valence-corrected chi connectivity index (χ3v) is 7.61. The van der Waals surface area contributed by atoms with E-state index >= 15 is 0 Å². The van der Waals surface area contributed by atoms with E-state index in [1.54, 1.807) is 12.1 Å². The number of hydrogen-bond donors (Lipinski definition) is 1. The van der Waals surface area contributed by atoms with Crippen LogP contribution in [0, 0.1) is 5.92 Å². The van der Waals surface area contributed by atoms with Crippen LogP contribution in [0.1, 0.15) is 85.3 Å². The molecule has 0 radical (unpaired) electrons. The van der Waals surface area contributed by atoms with Crippen LogP contribution in [0.15, 0.2) is 41.6 Å². The molecule has 208 valence electrons. The molecule has 2 fully saturated rings. The number of nitrogens with zero attached hydrogens (tertiary/aromatic N) is 2. The van der Waals surface area contributed by atoms with Crippen LogP contribution >= 0.6 is 12.4 Å². The number of carbonyl (C=O) groups is 1. The Kier molecular flexibility index (Phi) is 10.2. The third kappa shape index (κ3) is 7.29. The molecule has 5 nitrogen and oxygen atoms in total. The highest BCUT2D eigenvalue weighted by Gasteiger charge is 2.36. The van der Waals surface area contributed by atoms with Crippen LogP contribution in [-0.4, -0.2) is 34.8 Å². The number of aliphatic carboxylic acids is 1. The van der Waals surface area contributed by atoms with Gasteiger partial charge < -0.3 is 9.94 Å². The van der Waals surface area contributed by atoms with Crippen LogP contribution in [0.4, 0.5) is 13.2 Å². The number of oxime groups is 1. The number of carboxylic acid groups (broad SMARTS) is 1. The van der Waals surface area contributed by atoms with E-state index in [1.165, 1.54) is 6.07 Å². The predicted octanol–water partition coefficient (Wildman–Crippen LogP) is 7.19. The maximum Gasteiger partial charge on any atom is 0.416 e. The fraction of sp³-hybridized carbons (Fsp3) is 0.517. The van der Waals surface area contributed by atoms with E-state index in [4.69, 9.17) is 9.94 Å². The first-order chi connectivity index (χ1) is 17.7. The zero-order chi connectivity index (χ0) is 26.6. The van der Waals surface area contributed by atoms with Gasteiger partial charge in [0.1, 0.15) is 6.61 Å². The van der Waals surface area contributed by atoms with Crippen LogP contribution in [0.5, 0.6) is 0 Å². The maximum atomic E-state index is 13.8. The molecule has 0 unspecified atom stereocenters. The average Bonchev–Trinajstić information content (AvgIpc) is 2.85. The van der Waals surface area contributed by atoms with Gasteiger partial charge in [0.05, 0.1) is 17.2 Å². The minimum absolute atomic E-state index is 0. The third-order valence-electron chi connectivity index (χ3n) is 7.61. The Morgan fingerprint density at radius 2 is 1.79 bits per heavy atom. The van der Waals surface area contributed by atoms with Gasteiger partial charge in [-0.15, -0.1) is 12.4 Å². The first-order valence-corrected chi connectivity index (χ1v) is 13.1. The van der Waals surface area contributed by atoms with Gasteiger partial charge in [-0.1, -0.05) is 55.6 Å². The number of halogens is 4. The Balaban J connectivity index is 0.00000400. The fourth-order valence-corrected chi connectivity index (χ4v) is 5.40. The van der Waals surface area contributed by atoms with Crippen LogP contribution < -0.4 is 0 Å². The number of carboxylic acids is 1. The summed E-state index contributed by atoms with van der Waals surface area (Å²) in [6.45, 7) is 5.67. The summed E-state index contributed by atoms with van der Waals surface area (Å²) in [4.78, 5) is 18.6. The molecule has 1 N–H and O–H groups in total. The van der Waals surface area contributed by atoms with Gasteiger partial charge in [-0.3, -0.25) is 9.69 Å². The molecule has 9 heteroatoms. The molecule has 4 rings (SSSR count). The molecular formula is C29H36ClF3N2O3. The molecule has 2 aliphatic rings. The van der Waals surface area contributed by atoms with Gasteiger partial charge in [-0.25, -0.2) is 0 Å². The highest BCUT2D eigenvalue weighted by atomic mass is 35.5. The summed E-state index contributed by atoms with van der Waals surface area (Å²) in [5.74, 6) is -1.06. The van der Waals surface area contributed by atoms with E-state index < -0.39 is 17.7 Å². The highest BCUT2D eigenvalue weighted by molar-refractivity contribution is 5.98. The SMILES string of the molecule is CCc1cc(/C(C)=N/OCc2ccc(C3CCCCC3)c(C(F)(F)F)c2)ccc1CN1CC(C(=O)O)C1.Cl. The lowest BCUT2D eigenvalue weighted by atomic mass is 9.81. The minimum Gasteiger partial charge on any atom is -0.481 e. The maximum absolute atomic E-state index is 13.8. The number of aryl methyl sites for hydroxylation is 1. The van der Waals surface area contributed by atoms with E-state index in [0.29, 0.717) is 36.5 Å². The molecule has 1 saturated carbocycles. The second-order valence-corrected chi connectivity index (χ2v) is 10.3. The van der Waals surface area contributed by atoms with Crippen molar-refractivity contribution in [2.45, 2.75) is 77.6 Å². The zero-order valence-electron chi connectivity index (χ0n) is 21.9. The van der Waals surface area contributed by atoms with E-state index in [0.717, 1.165) is 55.2 Å². The first kappa shape index (κ1) is 30.0. The summed E-state index contributed by atoms with van der Waals surface area (Å²) in [5.41, 5.74) is 4.13. The van der Waals surface area contributed by atoms with Crippen molar-refractivity contribution in [2.75, 3.05) is 13.1 Å². The van der Waals surface area contributed by atoms with Gasteiger partial charge in [0, 0.05) is 19.6 Å². The number of rotatable bonds is 9. The summed E-state index contributed by atoms with van der Waals surface area (Å²) in [7, 11) is 0. The number of likely N-dealkylation sites (tertiary alicyclic amines) is 1. The molecular weight excluding hydrogens is 517 g/mol. The van der Waals surface area contributed by atoms with Crippen LogP contribution in [-0.2, 0) is 35.4 Å².